The van der Waals surface area contributed by atoms with Crippen molar-refractivity contribution < 1.29 is 17.9 Å². The first-order chi connectivity index (χ1) is 11.2. The molecule has 3 nitrogen and oxygen atoms in total. The minimum absolute atomic E-state index is 0.00640. The van der Waals surface area contributed by atoms with Gasteiger partial charge in [0.15, 0.2) is 17.3 Å². The van der Waals surface area contributed by atoms with Crippen molar-refractivity contribution in [3.05, 3.63) is 57.6 Å². The van der Waals surface area contributed by atoms with Gasteiger partial charge in [0.05, 0.1) is 10.7 Å². The Morgan fingerprint density at radius 1 is 1.25 bits per heavy atom. The molecule has 2 aromatic rings. The van der Waals surface area contributed by atoms with Gasteiger partial charge in [0.1, 0.15) is 5.69 Å². The van der Waals surface area contributed by atoms with Crippen LogP contribution in [0.5, 0.6) is 5.75 Å². The minimum atomic E-state index is -2.66. The summed E-state index contributed by atoms with van der Waals surface area (Å²) in [5.41, 5.74) is 0.369. The van der Waals surface area contributed by atoms with Crippen LogP contribution in [0, 0.1) is 12.7 Å². The lowest BCUT2D eigenvalue weighted by Gasteiger charge is -2.30. The van der Waals surface area contributed by atoms with Gasteiger partial charge < -0.3 is 4.74 Å². The average molecular weight is 355 g/mol. The van der Waals surface area contributed by atoms with E-state index < -0.39 is 18.0 Å². The number of hydrogen-bond acceptors (Lipinski definition) is 3. The summed E-state index contributed by atoms with van der Waals surface area (Å²) in [5.74, 6) is -0.684. The molecule has 0 bridgehead atoms. The molecule has 1 aliphatic heterocycles. The van der Waals surface area contributed by atoms with Gasteiger partial charge in [-0.15, -0.1) is 0 Å². The summed E-state index contributed by atoms with van der Waals surface area (Å²) in [7, 11) is 0. The summed E-state index contributed by atoms with van der Waals surface area (Å²) in [6.07, 6.45) is -1.35. The van der Waals surface area contributed by atoms with E-state index in [1.807, 2.05) is 0 Å². The third-order valence-corrected chi connectivity index (χ3v) is 3.93. The number of fused-ring (bicyclic) bond motifs is 1. The predicted octanol–water partition coefficient (Wildman–Crippen LogP) is 5.09. The van der Waals surface area contributed by atoms with Gasteiger partial charge in [-0.2, -0.15) is 0 Å². The standard InChI is InChI=1S/C17H14ClF3N2O/c1-8-6-9(7-22-13(8)16(20)21)14-10-4-5-11(18)12(19)15(10)24-17(2,3)23-14/h4-7,16H,1-3H3. The van der Waals surface area contributed by atoms with Crippen LogP contribution < -0.4 is 4.74 Å². The van der Waals surface area contributed by atoms with E-state index in [1.165, 1.54) is 12.3 Å². The molecule has 0 spiro atoms. The third-order valence-electron chi connectivity index (χ3n) is 3.64. The molecule has 24 heavy (non-hydrogen) atoms. The number of benzene rings is 1. The summed E-state index contributed by atoms with van der Waals surface area (Å²) in [5, 5.41) is -0.0619. The highest BCUT2D eigenvalue weighted by Gasteiger charge is 2.32. The predicted molar refractivity (Wildman–Crippen MR) is 85.7 cm³/mol. The fourth-order valence-corrected chi connectivity index (χ4v) is 2.73. The number of ether oxygens (including phenoxy) is 1. The third kappa shape index (κ3) is 2.86. The molecule has 0 fully saturated rings. The average Bonchev–Trinajstić information content (AvgIpc) is 2.49. The zero-order chi connectivity index (χ0) is 17.6. The Kier molecular flexibility index (Phi) is 4.03. The van der Waals surface area contributed by atoms with Crippen LogP contribution in [0.25, 0.3) is 0 Å². The lowest BCUT2D eigenvalue weighted by molar-refractivity contribution is 0.109. The van der Waals surface area contributed by atoms with Crippen molar-refractivity contribution in [3.63, 3.8) is 0 Å². The Hall–Kier alpha value is -2.08. The number of aryl methyl sites for hydroxylation is 1. The number of pyridine rings is 1. The SMILES string of the molecule is Cc1cc(C2=NC(C)(C)Oc3c2ccc(Cl)c3F)cnc1C(F)F. The van der Waals surface area contributed by atoms with Gasteiger partial charge in [0, 0.05) is 17.3 Å². The van der Waals surface area contributed by atoms with Crippen LogP contribution in [-0.2, 0) is 0 Å². The normalized spacial score (nSPS) is 15.8. The van der Waals surface area contributed by atoms with Crippen LogP contribution in [0.1, 0.15) is 42.7 Å². The number of halogens is 4. The maximum absolute atomic E-state index is 14.3. The first-order valence-electron chi connectivity index (χ1n) is 7.22. The monoisotopic (exact) mass is 354 g/mol. The number of aliphatic imine (C=N–C) groups is 1. The fraction of sp³-hybridized carbons (Fsp3) is 0.294. The molecule has 0 saturated heterocycles. The first-order valence-corrected chi connectivity index (χ1v) is 7.60. The van der Waals surface area contributed by atoms with Gasteiger partial charge in [-0.05, 0) is 44.5 Å². The molecule has 1 aliphatic rings. The number of nitrogens with zero attached hydrogens (tertiary/aromatic N) is 2. The number of hydrogen-bond donors (Lipinski definition) is 0. The van der Waals surface area contributed by atoms with E-state index in [9.17, 15) is 13.2 Å². The molecule has 0 atom stereocenters. The van der Waals surface area contributed by atoms with E-state index in [2.05, 4.69) is 9.98 Å². The van der Waals surface area contributed by atoms with Crippen molar-refractivity contribution in [2.45, 2.75) is 32.9 Å². The Morgan fingerprint density at radius 3 is 2.58 bits per heavy atom. The van der Waals surface area contributed by atoms with Crippen molar-refractivity contribution >= 4 is 17.3 Å². The highest BCUT2D eigenvalue weighted by atomic mass is 35.5. The second-order valence-corrected chi connectivity index (χ2v) is 6.38. The maximum Gasteiger partial charge on any atom is 0.280 e. The molecule has 1 aromatic heterocycles. The van der Waals surface area contributed by atoms with Crippen molar-refractivity contribution in [1.29, 1.82) is 0 Å². The Balaban J connectivity index is 2.19. The quantitative estimate of drug-likeness (QED) is 0.753. The second-order valence-electron chi connectivity index (χ2n) is 5.97. The fourth-order valence-electron chi connectivity index (χ4n) is 2.58. The van der Waals surface area contributed by atoms with Gasteiger partial charge >= 0.3 is 0 Å². The summed E-state index contributed by atoms with van der Waals surface area (Å²) >= 11 is 5.82. The van der Waals surface area contributed by atoms with Gasteiger partial charge in [-0.25, -0.2) is 18.2 Å². The molecule has 126 valence electrons. The molecule has 0 radical (unpaired) electrons. The van der Waals surface area contributed by atoms with E-state index in [-0.39, 0.29) is 16.5 Å². The lowest BCUT2D eigenvalue weighted by atomic mass is 9.98. The molecule has 0 unspecified atom stereocenters. The Morgan fingerprint density at radius 2 is 1.96 bits per heavy atom. The largest absolute Gasteiger partial charge is 0.463 e. The van der Waals surface area contributed by atoms with E-state index in [4.69, 9.17) is 16.3 Å². The first kappa shape index (κ1) is 16.8. The van der Waals surface area contributed by atoms with Gasteiger partial charge in [0.25, 0.3) is 6.43 Å². The molecular weight excluding hydrogens is 341 g/mol. The van der Waals surface area contributed by atoms with Crippen LogP contribution in [0.15, 0.2) is 29.4 Å². The van der Waals surface area contributed by atoms with E-state index in [1.54, 1.807) is 32.9 Å². The smallest absolute Gasteiger partial charge is 0.280 e. The van der Waals surface area contributed by atoms with Crippen LogP contribution in [0.2, 0.25) is 5.02 Å². The van der Waals surface area contributed by atoms with Gasteiger partial charge in [0.2, 0.25) is 0 Å². The van der Waals surface area contributed by atoms with E-state index in [0.717, 1.165) is 0 Å². The summed E-state index contributed by atoms with van der Waals surface area (Å²) in [4.78, 5) is 8.29. The molecule has 2 heterocycles. The van der Waals surface area contributed by atoms with Crippen molar-refractivity contribution in [1.82, 2.24) is 4.98 Å². The molecule has 3 rings (SSSR count). The number of aromatic nitrogens is 1. The molecule has 7 heteroatoms. The molecular formula is C17H14ClF3N2O. The lowest BCUT2D eigenvalue weighted by Crippen LogP contribution is -2.33. The highest BCUT2D eigenvalue weighted by Crippen LogP contribution is 2.37. The van der Waals surface area contributed by atoms with E-state index >= 15 is 0 Å². The molecule has 0 aliphatic carbocycles. The zero-order valence-electron chi connectivity index (χ0n) is 13.2. The van der Waals surface area contributed by atoms with Crippen LogP contribution in [0.3, 0.4) is 0 Å². The summed E-state index contributed by atoms with van der Waals surface area (Å²) in [6.45, 7) is 4.89. The second kappa shape index (κ2) is 5.77. The molecule has 0 amide bonds. The van der Waals surface area contributed by atoms with Gasteiger partial charge in [-0.3, -0.25) is 4.98 Å². The van der Waals surface area contributed by atoms with Crippen molar-refractivity contribution in [2.24, 2.45) is 4.99 Å². The van der Waals surface area contributed by atoms with Crippen LogP contribution in [-0.4, -0.2) is 16.4 Å². The Labute approximate surface area is 142 Å². The topological polar surface area (TPSA) is 34.5 Å². The molecule has 0 saturated carbocycles. The molecule has 1 aromatic carbocycles. The van der Waals surface area contributed by atoms with Crippen LogP contribution >= 0.6 is 11.6 Å². The maximum atomic E-state index is 14.3. The number of rotatable bonds is 2. The summed E-state index contributed by atoms with van der Waals surface area (Å²) < 4.78 is 45.7. The number of alkyl halides is 2. The van der Waals surface area contributed by atoms with Crippen LogP contribution in [0.4, 0.5) is 13.2 Å². The summed E-state index contributed by atoms with van der Waals surface area (Å²) in [6, 6.07) is 4.55. The van der Waals surface area contributed by atoms with Gasteiger partial charge in [-0.1, -0.05) is 11.6 Å². The zero-order valence-corrected chi connectivity index (χ0v) is 14.0. The van der Waals surface area contributed by atoms with E-state index in [0.29, 0.717) is 22.4 Å². The van der Waals surface area contributed by atoms with Crippen molar-refractivity contribution in [2.75, 3.05) is 0 Å². The van der Waals surface area contributed by atoms with Crippen molar-refractivity contribution in [3.8, 4) is 5.75 Å². The highest BCUT2D eigenvalue weighted by molar-refractivity contribution is 6.31. The Bertz CT molecular complexity index is 850. The molecule has 0 N–H and O–H groups in total. The minimum Gasteiger partial charge on any atom is -0.463 e.